The monoisotopic (exact) mass is 462 g/mol. The van der Waals surface area contributed by atoms with Gasteiger partial charge in [0.2, 0.25) is 5.91 Å². The molecule has 0 aliphatic carbocycles. The van der Waals surface area contributed by atoms with Gasteiger partial charge in [-0.1, -0.05) is 36.4 Å². The quantitative estimate of drug-likeness (QED) is 0.476. The number of carbonyl (C=O) groups is 2. The van der Waals surface area contributed by atoms with Crippen molar-refractivity contribution in [2.24, 2.45) is 5.73 Å². The Kier molecular flexibility index (Phi) is 7.22. The van der Waals surface area contributed by atoms with E-state index >= 15 is 0 Å². The molecular weight excluding hydrogens is 428 g/mol. The van der Waals surface area contributed by atoms with Gasteiger partial charge in [-0.05, 0) is 56.3 Å². The number of nitrogens with one attached hydrogen (secondary N) is 2. The van der Waals surface area contributed by atoms with E-state index in [1.807, 2.05) is 60.5 Å². The Hall–Kier alpha value is -3.32. The molecule has 180 valence electrons. The molecule has 1 aliphatic rings. The Balaban J connectivity index is 1.58. The number of nitrogens with zero attached hydrogens (tertiary/aromatic N) is 1. The summed E-state index contributed by atoms with van der Waals surface area (Å²) < 4.78 is 5.55. The summed E-state index contributed by atoms with van der Waals surface area (Å²) in [5.74, 6) is 0.967. The standard InChI is InChI=1S/C27H34N4O3/c1-27(30-25(32)12-7-15-28,22-18-29-23-10-5-3-9-21(22)23)26(33)31-16-13-19(14-17-31)20-8-4-6-11-24(20)34-2/h3-6,8-11,18-19,29H,7,12-17,28H2,1-2H3,(H,30,32). The van der Waals surface area contributed by atoms with Gasteiger partial charge in [0.15, 0.2) is 0 Å². The second-order valence-corrected chi connectivity index (χ2v) is 9.12. The summed E-state index contributed by atoms with van der Waals surface area (Å²) in [6, 6.07) is 15.9. The molecule has 1 aliphatic heterocycles. The molecule has 1 saturated heterocycles. The number of carbonyl (C=O) groups excluding carboxylic acids is 2. The smallest absolute Gasteiger partial charge is 0.252 e. The third-order valence-electron chi connectivity index (χ3n) is 6.91. The molecule has 1 aromatic heterocycles. The van der Waals surface area contributed by atoms with Crippen molar-refractivity contribution in [3.8, 4) is 5.75 Å². The average Bonchev–Trinajstić information content (AvgIpc) is 3.32. The fourth-order valence-electron chi connectivity index (χ4n) is 5.04. The van der Waals surface area contributed by atoms with E-state index in [0.29, 0.717) is 32.0 Å². The minimum atomic E-state index is -1.18. The van der Waals surface area contributed by atoms with E-state index in [0.717, 1.165) is 35.1 Å². The maximum absolute atomic E-state index is 14.0. The Morgan fingerprint density at radius 2 is 1.85 bits per heavy atom. The molecule has 1 unspecified atom stereocenters. The topological polar surface area (TPSA) is 100 Å². The van der Waals surface area contributed by atoms with Crippen LogP contribution in [0.2, 0.25) is 0 Å². The normalized spacial score (nSPS) is 16.3. The number of hydrogen-bond acceptors (Lipinski definition) is 4. The van der Waals surface area contributed by atoms with E-state index in [2.05, 4.69) is 16.4 Å². The van der Waals surface area contributed by atoms with Crippen LogP contribution in [-0.2, 0) is 15.1 Å². The molecule has 3 aromatic rings. The number of H-pyrrole nitrogens is 1. The van der Waals surface area contributed by atoms with Gasteiger partial charge in [0.25, 0.3) is 5.91 Å². The SMILES string of the molecule is COc1ccccc1C1CCN(C(=O)C(C)(NC(=O)CCCN)c2c[nH]c3ccccc23)CC1. The van der Waals surface area contributed by atoms with Crippen LogP contribution in [0, 0.1) is 0 Å². The maximum Gasteiger partial charge on any atom is 0.252 e. The predicted octanol–water partition coefficient (Wildman–Crippen LogP) is 3.65. The first-order valence-electron chi connectivity index (χ1n) is 12.0. The zero-order valence-corrected chi connectivity index (χ0v) is 20.0. The summed E-state index contributed by atoms with van der Waals surface area (Å²) in [6.07, 6.45) is 4.40. The number of nitrogens with two attached hydrogens (primary N) is 1. The van der Waals surface area contributed by atoms with Crippen molar-refractivity contribution in [2.75, 3.05) is 26.7 Å². The lowest BCUT2D eigenvalue weighted by Gasteiger charge is -2.39. The Labute approximate surface area is 200 Å². The van der Waals surface area contributed by atoms with Gasteiger partial charge >= 0.3 is 0 Å². The molecule has 1 atom stereocenters. The molecule has 0 bridgehead atoms. The molecule has 2 heterocycles. The van der Waals surface area contributed by atoms with E-state index in [4.69, 9.17) is 10.5 Å². The number of para-hydroxylation sites is 2. The van der Waals surface area contributed by atoms with E-state index in [9.17, 15) is 9.59 Å². The lowest BCUT2D eigenvalue weighted by atomic mass is 9.85. The second-order valence-electron chi connectivity index (χ2n) is 9.12. The van der Waals surface area contributed by atoms with Crippen molar-refractivity contribution in [3.63, 3.8) is 0 Å². The lowest BCUT2D eigenvalue weighted by Crippen LogP contribution is -2.56. The van der Waals surface area contributed by atoms with Crippen molar-refractivity contribution < 1.29 is 14.3 Å². The van der Waals surface area contributed by atoms with Crippen LogP contribution in [0.15, 0.2) is 54.7 Å². The van der Waals surface area contributed by atoms with Crippen molar-refractivity contribution in [1.82, 2.24) is 15.2 Å². The number of hydrogen-bond donors (Lipinski definition) is 3. The van der Waals surface area contributed by atoms with Gasteiger partial charge in [-0.15, -0.1) is 0 Å². The van der Waals surface area contributed by atoms with Crippen LogP contribution in [0.3, 0.4) is 0 Å². The molecule has 0 saturated carbocycles. The van der Waals surface area contributed by atoms with Gasteiger partial charge in [0, 0.05) is 42.2 Å². The number of likely N-dealkylation sites (tertiary alicyclic amines) is 1. The van der Waals surface area contributed by atoms with Crippen molar-refractivity contribution in [1.29, 1.82) is 0 Å². The first kappa shape index (κ1) is 23.8. The van der Waals surface area contributed by atoms with Crippen LogP contribution in [0.1, 0.15) is 49.7 Å². The number of amides is 2. The molecule has 34 heavy (non-hydrogen) atoms. The molecule has 1 fully saturated rings. The number of ether oxygens (including phenoxy) is 1. The fourth-order valence-corrected chi connectivity index (χ4v) is 5.04. The molecule has 2 aromatic carbocycles. The van der Waals surface area contributed by atoms with Gasteiger partial charge in [-0.25, -0.2) is 0 Å². The number of piperidine rings is 1. The highest BCUT2D eigenvalue weighted by Crippen LogP contribution is 2.36. The zero-order chi connectivity index (χ0) is 24.1. The first-order valence-corrected chi connectivity index (χ1v) is 12.0. The highest BCUT2D eigenvalue weighted by atomic mass is 16.5. The molecule has 2 amide bonds. The third-order valence-corrected chi connectivity index (χ3v) is 6.91. The number of methoxy groups -OCH3 is 1. The van der Waals surface area contributed by atoms with Gasteiger partial charge in [0.05, 0.1) is 7.11 Å². The highest BCUT2D eigenvalue weighted by molar-refractivity contribution is 5.97. The van der Waals surface area contributed by atoms with Crippen molar-refractivity contribution >= 4 is 22.7 Å². The third kappa shape index (κ3) is 4.66. The molecule has 0 spiro atoms. The minimum absolute atomic E-state index is 0.0863. The van der Waals surface area contributed by atoms with E-state index in [1.54, 1.807) is 7.11 Å². The first-order chi connectivity index (χ1) is 16.5. The van der Waals surface area contributed by atoms with E-state index in [1.165, 1.54) is 5.56 Å². The number of rotatable bonds is 8. The molecule has 7 nitrogen and oxygen atoms in total. The van der Waals surface area contributed by atoms with Crippen molar-refractivity contribution in [3.05, 3.63) is 65.9 Å². The maximum atomic E-state index is 14.0. The van der Waals surface area contributed by atoms with Crippen LogP contribution in [-0.4, -0.2) is 48.4 Å². The van der Waals surface area contributed by atoms with Gasteiger partial charge in [-0.2, -0.15) is 0 Å². The molecule has 0 radical (unpaired) electrons. The Bertz CT molecular complexity index is 1150. The van der Waals surface area contributed by atoms with Crippen LogP contribution in [0.25, 0.3) is 10.9 Å². The highest BCUT2D eigenvalue weighted by Gasteiger charge is 2.42. The van der Waals surface area contributed by atoms with Crippen LogP contribution < -0.4 is 15.8 Å². The molecular formula is C27H34N4O3. The summed E-state index contributed by atoms with van der Waals surface area (Å²) in [5, 5.41) is 3.99. The summed E-state index contributed by atoms with van der Waals surface area (Å²) in [7, 11) is 1.69. The number of aromatic nitrogens is 1. The van der Waals surface area contributed by atoms with Gasteiger partial charge < -0.3 is 25.7 Å². The second kappa shape index (κ2) is 10.3. The molecule has 7 heteroatoms. The van der Waals surface area contributed by atoms with Crippen LogP contribution >= 0.6 is 0 Å². The van der Waals surface area contributed by atoms with Gasteiger partial charge in [-0.3, -0.25) is 9.59 Å². The van der Waals surface area contributed by atoms with E-state index < -0.39 is 5.54 Å². The molecule has 4 N–H and O–H groups in total. The summed E-state index contributed by atoms with van der Waals surface area (Å²) >= 11 is 0. The lowest BCUT2D eigenvalue weighted by molar-refractivity contribution is -0.142. The average molecular weight is 463 g/mol. The number of fused-ring (bicyclic) bond motifs is 1. The van der Waals surface area contributed by atoms with Gasteiger partial charge in [0.1, 0.15) is 11.3 Å². The minimum Gasteiger partial charge on any atom is -0.496 e. The number of aromatic amines is 1. The summed E-state index contributed by atoms with van der Waals surface area (Å²) in [6.45, 7) is 3.50. The van der Waals surface area contributed by atoms with Crippen LogP contribution in [0.4, 0.5) is 0 Å². The molecule has 4 rings (SSSR count). The summed E-state index contributed by atoms with van der Waals surface area (Å²) in [4.78, 5) is 31.9. The largest absolute Gasteiger partial charge is 0.496 e. The fraction of sp³-hybridized carbons (Fsp3) is 0.407. The summed E-state index contributed by atoms with van der Waals surface area (Å²) in [5.41, 5.74) is 7.32. The predicted molar refractivity (Wildman–Crippen MR) is 134 cm³/mol. The van der Waals surface area contributed by atoms with Crippen molar-refractivity contribution in [2.45, 2.75) is 44.1 Å². The number of benzene rings is 2. The Morgan fingerprint density at radius 3 is 2.59 bits per heavy atom. The zero-order valence-electron chi connectivity index (χ0n) is 20.0. The van der Waals surface area contributed by atoms with Crippen LogP contribution in [0.5, 0.6) is 5.75 Å². The van der Waals surface area contributed by atoms with E-state index in [-0.39, 0.29) is 18.2 Å². The Morgan fingerprint density at radius 1 is 1.15 bits per heavy atom.